The predicted molar refractivity (Wildman–Crippen MR) is 102 cm³/mol. The summed E-state index contributed by atoms with van der Waals surface area (Å²) in [5.74, 6) is 2.21. The average molecular weight is 363 g/mol. The minimum atomic E-state index is 0.615. The van der Waals surface area contributed by atoms with Crippen LogP contribution in [0.2, 0.25) is 0 Å². The molecule has 4 rings (SSSR count). The second kappa shape index (κ2) is 7.92. The van der Waals surface area contributed by atoms with Gasteiger partial charge in [-0.25, -0.2) is 15.0 Å². The third kappa shape index (κ3) is 3.80. The summed E-state index contributed by atoms with van der Waals surface area (Å²) in [4.78, 5) is 17.2. The maximum absolute atomic E-state index is 4.60. The van der Waals surface area contributed by atoms with Gasteiger partial charge in [0.1, 0.15) is 11.4 Å². The van der Waals surface area contributed by atoms with Crippen LogP contribution in [0, 0.1) is 0 Å². The number of hydrogen-bond donors (Lipinski definition) is 1. The van der Waals surface area contributed by atoms with Crippen LogP contribution in [0.1, 0.15) is 6.42 Å². The summed E-state index contributed by atoms with van der Waals surface area (Å²) in [6, 6.07) is 14.0. The van der Waals surface area contributed by atoms with E-state index < -0.39 is 0 Å². The lowest BCUT2D eigenvalue weighted by molar-refractivity contribution is 0.842. The van der Waals surface area contributed by atoms with E-state index in [1.165, 1.54) is 6.33 Å². The molecule has 0 atom stereocenters. The highest BCUT2D eigenvalue weighted by Gasteiger charge is 2.09. The molecule has 0 saturated carbocycles. The van der Waals surface area contributed by atoms with Crippen LogP contribution in [0.3, 0.4) is 0 Å². The minimum Gasteiger partial charge on any atom is -0.354 e. The summed E-state index contributed by atoms with van der Waals surface area (Å²) < 4.78 is 1.78. The molecule has 0 aliphatic rings. The van der Waals surface area contributed by atoms with Gasteiger partial charge in [-0.1, -0.05) is 30.3 Å². The molecule has 0 bridgehead atoms. The van der Waals surface area contributed by atoms with E-state index >= 15 is 0 Å². The molecule has 1 aromatic carbocycles. The molecule has 26 heavy (non-hydrogen) atoms. The number of rotatable bonds is 7. The zero-order valence-corrected chi connectivity index (χ0v) is 14.8. The highest BCUT2D eigenvalue weighted by molar-refractivity contribution is 7.99. The summed E-state index contributed by atoms with van der Waals surface area (Å²) in [5, 5.41) is 8.53. The molecule has 0 fully saturated rings. The lowest BCUT2D eigenvalue weighted by atomic mass is 10.1. The van der Waals surface area contributed by atoms with Crippen molar-refractivity contribution in [2.75, 3.05) is 17.6 Å². The van der Waals surface area contributed by atoms with Gasteiger partial charge in [0, 0.05) is 30.3 Å². The summed E-state index contributed by atoms with van der Waals surface area (Å²) >= 11 is 1.74. The number of fused-ring (bicyclic) bond motifs is 1. The third-order valence-corrected chi connectivity index (χ3v) is 4.79. The number of benzene rings is 1. The average Bonchev–Trinajstić information content (AvgIpc) is 3.18. The molecule has 8 heteroatoms. The van der Waals surface area contributed by atoms with Crippen molar-refractivity contribution in [1.29, 1.82) is 0 Å². The summed E-state index contributed by atoms with van der Waals surface area (Å²) in [5.41, 5.74) is 1.98. The van der Waals surface area contributed by atoms with E-state index in [4.69, 9.17) is 0 Å². The zero-order chi connectivity index (χ0) is 17.6. The van der Waals surface area contributed by atoms with Gasteiger partial charge in [-0.2, -0.15) is 14.6 Å². The van der Waals surface area contributed by atoms with Gasteiger partial charge in [0.2, 0.25) is 5.95 Å². The summed E-state index contributed by atoms with van der Waals surface area (Å²) in [6.07, 6.45) is 5.97. The molecular weight excluding hydrogens is 346 g/mol. The van der Waals surface area contributed by atoms with Gasteiger partial charge in [0.15, 0.2) is 0 Å². The smallest absolute Gasteiger partial charge is 0.253 e. The lowest BCUT2D eigenvalue weighted by Crippen LogP contribution is -2.06. The van der Waals surface area contributed by atoms with Crippen LogP contribution >= 0.6 is 11.8 Å². The topological polar surface area (TPSA) is 80.9 Å². The van der Waals surface area contributed by atoms with Gasteiger partial charge in [-0.05, 0) is 18.6 Å². The van der Waals surface area contributed by atoms with E-state index in [1.54, 1.807) is 34.7 Å². The van der Waals surface area contributed by atoms with Gasteiger partial charge in [-0.15, -0.1) is 11.8 Å². The summed E-state index contributed by atoms with van der Waals surface area (Å²) in [7, 11) is 0. The molecule has 4 aromatic rings. The molecule has 0 unspecified atom stereocenters. The van der Waals surface area contributed by atoms with Gasteiger partial charge in [-0.3, -0.25) is 0 Å². The Kier molecular flexibility index (Phi) is 5.02. The first kappa shape index (κ1) is 16.5. The van der Waals surface area contributed by atoms with Crippen LogP contribution < -0.4 is 5.32 Å². The molecule has 0 aliphatic carbocycles. The first-order valence-corrected chi connectivity index (χ1v) is 9.28. The van der Waals surface area contributed by atoms with E-state index in [0.717, 1.165) is 35.0 Å². The Labute approximate surface area is 154 Å². The number of nitrogens with zero attached hydrogens (tertiary/aromatic N) is 6. The second-order valence-corrected chi connectivity index (χ2v) is 6.63. The molecule has 1 N–H and O–H groups in total. The van der Waals surface area contributed by atoms with Crippen molar-refractivity contribution in [2.45, 2.75) is 11.4 Å². The first-order valence-electron chi connectivity index (χ1n) is 8.30. The van der Waals surface area contributed by atoms with Crippen LogP contribution in [-0.2, 0) is 0 Å². The van der Waals surface area contributed by atoms with E-state index in [-0.39, 0.29) is 0 Å². The molecule has 0 amide bonds. The summed E-state index contributed by atoms with van der Waals surface area (Å²) in [6.45, 7) is 0.814. The number of anilines is 1. The highest BCUT2D eigenvalue weighted by atomic mass is 32.2. The Hall–Kier alpha value is -3.00. The van der Waals surface area contributed by atoms with E-state index in [9.17, 15) is 0 Å². The van der Waals surface area contributed by atoms with Crippen molar-refractivity contribution in [3.05, 3.63) is 61.2 Å². The van der Waals surface area contributed by atoms with Crippen LogP contribution in [0.25, 0.3) is 17.0 Å². The van der Waals surface area contributed by atoms with Crippen LogP contribution in [-0.4, -0.2) is 41.8 Å². The molecule has 0 spiro atoms. The molecule has 0 radical (unpaired) electrons. The standard InChI is InChI=1S/C18H17N7S/c1-2-6-14(7-3-1)15-12-16(25-18(24-15)22-13-23-25)26-11-5-10-21-17-19-8-4-9-20-17/h1-4,6-9,12-13H,5,10-11H2,(H,19,20,21). The SMILES string of the molecule is c1ccc(-c2cc(SCCCNc3ncccn3)n3ncnc3n2)cc1. The minimum absolute atomic E-state index is 0.615. The van der Waals surface area contributed by atoms with Crippen molar-refractivity contribution in [2.24, 2.45) is 0 Å². The normalized spacial score (nSPS) is 10.9. The van der Waals surface area contributed by atoms with Crippen molar-refractivity contribution in [3.63, 3.8) is 0 Å². The Morgan fingerprint density at radius 3 is 2.69 bits per heavy atom. The van der Waals surface area contributed by atoms with Crippen LogP contribution in [0.5, 0.6) is 0 Å². The van der Waals surface area contributed by atoms with Gasteiger partial charge in [0.05, 0.1) is 5.69 Å². The Morgan fingerprint density at radius 1 is 1.00 bits per heavy atom. The molecule has 3 heterocycles. The maximum Gasteiger partial charge on any atom is 0.253 e. The van der Waals surface area contributed by atoms with Gasteiger partial charge >= 0.3 is 0 Å². The van der Waals surface area contributed by atoms with Crippen LogP contribution in [0.15, 0.2) is 66.2 Å². The molecular formula is C18H17N7S. The predicted octanol–water partition coefficient (Wildman–Crippen LogP) is 3.18. The molecule has 3 aromatic heterocycles. The maximum atomic E-state index is 4.60. The van der Waals surface area contributed by atoms with Gasteiger partial charge in [0.25, 0.3) is 5.78 Å². The number of hydrogen-bond acceptors (Lipinski definition) is 7. The molecule has 0 saturated heterocycles. The lowest BCUT2D eigenvalue weighted by Gasteiger charge is -2.08. The number of aromatic nitrogens is 6. The number of thioether (sulfide) groups is 1. The monoisotopic (exact) mass is 363 g/mol. The fraction of sp³-hybridized carbons (Fsp3) is 0.167. The molecule has 0 aliphatic heterocycles. The fourth-order valence-corrected chi connectivity index (χ4v) is 3.43. The van der Waals surface area contributed by atoms with Crippen LogP contribution in [0.4, 0.5) is 5.95 Å². The Bertz CT molecular complexity index is 973. The van der Waals surface area contributed by atoms with Crippen molar-refractivity contribution in [1.82, 2.24) is 29.5 Å². The zero-order valence-electron chi connectivity index (χ0n) is 14.0. The van der Waals surface area contributed by atoms with Crippen molar-refractivity contribution in [3.8, 4) is 11.3 Å². The number of nitrogens with one attached hydrogen (secondary N) is 1. The fourth-order valence-electron chi connectivity index (χ4n) is 2.48. The van der Waals surface area contributed by atoms with E-state index in [2.05, 4.69) is 36.4 Å². The van der Waals surface area contributed by atoms with E-state index in [1.807, 2.05) is 30.3 Å². The largest absolute Gasteiger partial charge is 0.354 e. The Balaban J connectivity index is 1.43. The first-order chi connectivity index (χ1) is 12.9. The quantitative estimate of drug-likeness (QED) is 0.307. The van der Waals surface area contributed by atoms with Crippen molar-refractivity contribution >= 4 is 23.5 Å². The second-order valence-electron chi connectivity index (χ2n) is 5.52. The highest BCUT2D eigenvalue weighted by Crippen LogP contribution is 2.25. The molecule has 130 valence electrons. The van der Waals surface area contributed by atoms with E-state index in [0.29, 0.717) is 11.7 Å². The van der Waals surface area contributed by atoms with Gasteiger partial charge < -0.3 is 5.32 Å². The Morgan fingerprint density at radius 2 is 1.85 bits per heavy atom. The third-order valence-electron chi connectivity index (χ3n) is 3.71. The molecule has 7 nitrogen and oxygen atoms in total. The van der Waals surface area contributed by atoms with Crippen molar-refractivity contribution < 1.29 is 0 Å².